The normalized spacial score (nSPS) is 15.4. The number of benzene rings is 2. The Kier molecular flexibility index (Phi) is 6.06. The number of hydrogen-bond acceptors (Lipinski definition) is 5. The van der Waals surface area contributed by atoms with Crippen molar-refractivity contribution in [3.8, 4) is 11.4 Å². The summed E-state index contributed by atoms with van der Waals surface area (Å²) in [5, 5.41) is 7.12. The molecule has 4 rings (SSSR count). The van der Waals surface area contributed by atoms with Gasteiger partial charge in [-0.3, -0.25) is 9.69 Å². The number of halogens is 1. The van der Waals surface area contributed by atoms with Crippen molar-refractivity contribution in [1.29, 1.82) is 0 Å². The molecule has 29 heavy (non-hydrogen) atoms. The monoisotopic (exact) mass is 454 g/mol. The maximum atomic E-state index is 12.6. The third-order valence-corrected chi connectivity index (χ3v) is 6.13. The number of likely N-dealkylation sites (tertiary alicyclic amines) is 1. The highest BCUT2D eigenvalue weighted by Crippen LogP contribution is 2.24. The smallest absolute Gasteiger partial charge is 0.241 e. The second-order valence-corrected chi connectivity index (χ2v) is 8.24. The largest absolute Gasteiger partial charge is 0.338 e. The Morgan fingerprint density at radius 2 is 1.97 bits per heavy atom. The van der Waals surface area contributed by atoms with Crippen LogP contribution in [0.25, 0.3) is 11.4 Å². The highest BCUT2D eigenvalue weighted by Gasteiger charge is 2.26. The third-order valence-electron chi connectivity index (χ3n) is 5.24. The number of hydrogen-bond donors (Lipinski definition) is 1. The lowest BCUT2D eigenvalue weighted by Crippen LogP contribution is -2.37. The van der Waals surface area contributed by atoms with Crippen LogP contribution in [0.15, 0.2) is 57.5 Å². The first-order chi connectivity index (χ1) is 14.1. The number of aromatic nitrogens is 2. The van der Waals surface area contributed by atoms with Crippen molar-refractivity contribution in [3.05, 3.63) is 64.5 Å². The Balaban J connectivity index is 1.29. The van der Waals surface area contributed by atoms with Crippen LogP contribution in [0.2, 0.25) is 0 Å². The zero-order valence-electron chi connectivity index (χ0n) is 16.3. The summed E-state index contributed by atoms with van der Waals surface area (Å²) in [7, 11) is 0. The summed E-state index contributed by atoms with van der Waals surface area (Å²) >= 11 is 3.49. The van der Waals surface area contributed by atoms with Crippen molar-refractivity contribution in [2.75, 3.05) is 18.4 Å². The van der Waals surface area contributed by atoms with Gasteiger partial charge >= 0.3 is 0 Å². The summed E-state index contributed by atoms with van der Waals surface area (Å²) in [5.74, 6) is 1.34. The summed E-state index contributed by atoms with van der Waals surface area (Å²) in [6, 6.07) is 15.7. The van der Waals surface area contributed by atoms with E-state index >= 15 is 0 Å². The van der Waals surface area contributed by atoms with Gasteiger partial charge in [0, 0.05) is 21.6 Å². The summed E-state index contributed by atoms with van der Waals surface area (Å²) in [6.07, 6.45) is 1.64. The minimum absolute atomic E-state index is 0.0257. The van der Waals surface area contributed by atoms with Gasteiger partial charge < -0.3 is 9.84 Å². The van der Waals surface area contributed by atoms with Crippen molar-refractivity contribution in [1.82, 2.24) is 15.0 Å². The number of carbonyl (C=O) groups is 1. The molecule has 0 unspecified atom stereocenters. The van der Waals surface area contributed by atoms with Crippen LogP contribution in [0, 0.1) is 12.8 Å². The van der Waals surface area contributed by atoms with E-state index in [0.717, 1.165) is 47.2 Å². The maximum Gasteiger partial charge on any atom is 0.241 e. The number of nitrogens with zero attached hydrogens (tertiary/aromatic N) is 3. The van der Waals surface area contributed by atoms with Gasteiger partial charge in [-0.1, -0.05) is 51.4 Å². The first-order valence-electron chi connectivity index (χ1n) is 9.76. The highest BCUT2D eigenvalue weighted by atomic mass is 79.9. The number of anilines is 1. The van der Waals surface area contributed by atoms with Crippen LogP contribution in [0.1, 0.15) is 24.3 Å². The molecular formula is C22H23BrN4O2. The van der Waals surface area contributed by atoms with Crippen molar-refractivity contribution < 1.29 is 9.32 Å². The van der Waals surface area contributed by atoms with E-state index in [1.807, 2.05) is 55.5 Å². The zero-order chi connectivity index (χ0) is 20.2. The molecule has 0 bridgehead atoms. The van der Waals surface area contributed by atoms with Crippen LogP contribution in [-0.4, -0.2) is 34.0 Å². The van der Waals surface area contributed by atoms with Gasteiger partial charge in [0.05, 0.1) is 6.54 Å². The van der Waals surface area contributed by atoms with Crippen molar-refractivity contribution >= 4 is 27.5 Å². The predicted octanol–water partition coefficient (Wildman–Crippen LogP) is 4.66. The molecule has 0 saturated carbocycles. The van der Waals surface area contributed by atoms with Gasteiger partial charge in [0.15, 0.2) is 0 Å². The lowest BCUT2D eigenvalue weighted by atomic mass is 9.96. The Morgan fingerprint density at radius 3 is 2.69 bits per heavy atom. The molecule has 3 aromatic rings. The lowest BCUT2D eigenvalue weighted by molar-refractivity contribution is -0.121. The van der Waals surface area contributed by atoms with Gasteiger partial charge in [-0.25, -0.2) is 0 Å². The first kappa shape index (κ1) is 19.8. The second-order valence-electron chi connectivity index (χ2n) is 7.38. The number of nitrogens with one attached hydrogen (secondary N) is 1. The van der Waals surface area contributed by atoms with Crippen LogP contribution in [0.5, 0.6) is 0 Å². The van der Waals surface area contributed by atoms with Gasteiger partial charge in [-0.05, 0) is 56.6 Å². The fraction of sp³-hybridized carbons (Fsp3) is 0.318. The number of rotatable bonds is 5. The zero-order valence-corrected chi connectivity index (χ0v) is 17.9. The van der Waals surface area contributed by atoms with E-state index < -0.39 is 0 Å². The minimum atomic E-state index is 0.0257. The third kappa shape index (κ3) is 4.92. The molecule has 1 amide bonds. The maximum absolute atomic E-state index is 12.6. The molecule has 6 nitrogen and oxygen atoms in total. The molecule has 1 saturated heterocycles. The molecule has 150 valence electrons. The molecule has 2 heterocycles. The predicted molar refractivity (Wildman–Crippen MR) is 115 cm³/mol. The van der Waals surface area contributed by atoms with Crippen molar-refractivity contribution in [2.45, 2.75) is 26.3 Å². The van der Waals surface area contributed by atoms with E-state index in [-0.39, 0.29) is 11.8 Å². The topological polar surface area (TPSA) is 71.3 Å². The van der Waals surface area contributed by atoms with Crippen molar-refractivity contribution in [2.24, 2.45) is 5.92 Å². The summed E-state index contributed by atoms with van der Waals surface area (Å²) in [5.41, 5.74) is 2.89. The van der Waals surface area contributed by atoms with Gasteiger partial charge in [-0.15, -0.1) is 0 Å². The van der Waals surface area contributed by atoms with Gasteiger partial charge in [0.1, 0.15) is 0 Å². The number of amides is 1. The molecule has 0 aliphatic carbocycles. The molecule has 1 N–H and O–H groups in total. The number of carbonyl (C=O) groups excluding carboxylic acids is 1. The van der Waals surface area contributed by atoms with Crippen LogP contribution in [0.4, 0.5) is 5.69 Å². The highest BCUT2D eigenvalue weighted by molar-refractivity contribution is 9.10. The average molecular weight is 455 g/mol. The fourth-order valence-electron chi connectivity index (χ4n) is 3.53. The summed E-state index contributed by atoms with van der Waals surface area (Å²) in [4.78, 5) is 19.4. The summed E-state index contributed by atoms with van der Waals surface area (Å²) < 4.78 is 6.45. The van der Waals surface area contributed by atoms with Crippen molar-refractivity contribution in [3.63, 3.8) is 0 Å². The van der Waals surface area contributed by atoms with E-state index in [4.69, 9.17) is 4.52 Å². The molecule has 1 fully saturated rings. The van der Waals surface area contributed by atoms with Gasteiger partial charge in [0.2, 0.25) is 17.6 Å². The molecule has 1 aliphatic rings. The van der Waals surface area contributed by atoms with E-state index in [0.29, 0.717) is 18.3 Å². The fourth-order valence-corrected chi connectivity index (χ4v) is 3.78. The average Bonchev–Trinajstić information content (AvgIpc) is 3.20. The van der Waals surface area contributed by atoms with E-state index in [1.165, 1.54) is 0 Å². The molecule has 0 atom stereocenters. The van der Waals surface area contributed by atoms with Crippen LogP contribution in [-0.2, 0) is 11.3 Å². The van der Waals surface area contributed by atoms with Crippen LogP contribution < -0.4 is 5.32 Å². The lowest BCUT2D eigenvalue weighted by Gasteiger charge is -2.30. The van der Waals surface area contributed by atoms with E-state index in [2.05, 4.69) is 36.3 Å². The van der Waals surface area contributed by atoms with Gasteiger partial charge in [0.25, 0.3) is 0 Å². The molecule has 0 radical (unpaired) electrons. The molecular weight excluding hydrogens is 432 g/mol. The van der Waals surface area contributed by atoms with E-state index in [1.54, 1.807) is 0 Å². The minimum Gasteiger partial charge on any atom is -0.338 e. The number of piperidine rings is 1. The molecule has 2 aromatic carbocycles. The van der Waals surface area contributed by atoms with Gasteiger partial charge in [-0.2, -0.15) is 4.98 Å². The molecule has 0 spiro atoms. The number of aryl methyl sites for hydroxylation is 1. The quantitative estimate of drug-likeness (QED) is 0.606. The standard InChI is InChI=1S/C22H23BrN4O2/c1-15-13-18(7-8-19(15)23)24-22(28)17-9-11-27(12-10-17)14-20-25-21(26-29-20)16-5-3-2-4-6-16/h2-8,13,17H,9-12,14H2,1H3,(H,24,28). The second kappa shape index (κ2) is 8.88. The summed E-state index contributed by atoms with van der Waals surface area (Å²) in [6.45, 7) is 4.29. The van der Waals surface area contributed by atoms with E-state index in [9.17, 15) is 4.79 Å². The molecule has 1 aliphatic heterocycles. The Labute approximate surface area is 178 Å². The van der Waals surface area contributed by atoms with Crippen LogP contribution in [0.3, 0.4) is 0 Å². The Morgan fingerprint density at radius 1 is 1.21 bits per heavy atom. The molecule has 1 aromatic heterocycles. The Bertz CT molecular complexity index is 981. The molecule has 7 heteroatoms. The first-order valence-corrected chi connectivity index (χ1v) is 10.5. The SMILES string of the molecule is Cc1cc(NC(=O)C2CCN(Cc3nc(-c4ccccc4)no3)CC2)ccc1Br. The van der Waals surface area contributed by atoms with Crippen LogP contribution >= 0.6 is 15.9 Å². The Hall–Kier alpha value is -2.51.